The summed E-state index contributed by atoms with van der Waals surface area (Å²) in [6, 6.07) is 13.3. The molecule has 1 aliphatic heterocycles. The maximum atomic E-state index is 12.5. The van der Waals surface area contributed by atoms with E-state index < -0.39 is 0 Å². The number of hydrogen-bond acceptors (Lipinski definition) is 2. The maximum Gasteiger partial charge on any atom is 0.227 e. The Morgan fingerprint density at radius 2 is 1.92 bits per heavy atom. The molecule has 24 heavy (non-hydrogen) atoms. The van der Waals surface area contributed by atoms with E-state index in [-0.39, 0.29) is 11.8 Å². The van der Waals surface area contributed by atoms with Gasteiger partial charge < -0.3 is 9.47 Å². The minimum atomic E-state index is 0.0324. The van der Waals surface area contributed by atoms with Crippen LogP contribution in [-0.2, 0) is 11.8 Å². The number of anilines is 1. The van der Waals surface area contributed by atoms with Crippen LogP contribution in [0, 0.1) is 0 Å². The molecule has 4 rings (SSSR count). The Hall–Kier alpha value is -2.04. The summed E-state index contributed by atoms with van der Waals surface area (Å²) in [4.78, 5) is 19.0. The van der Waals surface area contributed by atoms with E-state index in [1.54, 1.807) is 17.0 Å². The molecular formula is C18H15Cl2N3O. The van der Waals surface area contributed by atoms with E-state index in [4.69, 9.17) is 28.2 Å². The van der Waals surface area contributed by atoms with Crippen molar-refractivity contribution < 1.29 is 4.79 Å². The van der Waals surface area contributed by atoms with Gasteiger partial charge in [-0.1, -0.05) is 41.4 Å². The quantitative estimate of drug-likeness (QED) is 0.679. The van der Waals surface area contributed by atoms with Gasteiger partial charge in [-0.3, -0.25) is 4.79 Å². The van der Waals surface area contributed by atoms with E-state index in [0.717, 1.165) is 16.9 Å². The Kier molecular flexibility index (Phi) is 3.74. The first-order valence-electron chi connectivity index (χ1n) is 7.72. The second-order valence-corrected chi connectivity index (χ2v) is 6.78. The summed E-state index contributed by atoms with van der Waals surface area (Å²) in [5.74, 6) is 0.992. The molecule has 1 aliphatic rings. The van der Waals surface area contributed by atoms with E-state index >= 15 is 0 Å². The Morgan fingerprint density at radius 1 is 1.12 bits per heavy atom. The number of aryl methyl sites for hydroxylation is 1. The van der Waals surface area contributed by atoms with Crippen LogP contribution >= 0.6 is 23.2 Å². The molecule has 4 nitrogen and oxygen atoms in total. The zero-order valence-electron chi connectivity index (χ0n) is 13.0. The number of halogens is 2. The Labute approximate surface area is 149 Å². The predicted molar refractivity (Wildman–Crippen MR) is 96.9 cm³/mol. The van der Waals surface area contributed by atoms with Gasteiger partial charge in [0.1, 0.15) is 5.82 Å². The van der Waals surface area contributed by atoms with Crippen LogP contribution in [0.3, 0.4) is 0 Å². The number of fused-ring (bicyclic) bond motifs is 1. The number of hydrogen-bond donors (Lipinski definition) is 0. The summed E-state index contributed by atoms with van der Waals surface area (Å²) >= 11 is 12.4. The molecule has 0 N–H and O–H groups in total. The zero-order chi connectivity index (χ0) is 16.8. The van der Waals surface area contributed by atoms with Gasteiger partial charge in [0.2, 0.25) is 5.91 Å². The molecule has 122 valence electrons. The van der Waals surface area contributed by atoms with Crippen molar-refractivity contribution in [2.45, 2.75) is 12.3 Å². The summed E-state index contributed by atoms with van der Waals surface area (Å²) in [6.07, 6.45) is 0.417. The number of nitrogens with zero attached hydrogens (tertiary/aromatic N) is 3. The number of rotatable bonds is 2. The van der Waals surface area contributed by atoms with Gasteiger partial charge in [0.25, 0.3) is 0 Å². The number of carbonyl (C=O) groups excluding carboxylic acids is 1. The Bertz CT molecular complexity index is 951. The van der Waals surface area contributed by atoms with Gasteiger partial charge in [-0.2, -0.15) is 0 Å². The Morgan fingerprint density at radius 3 is 2.71 bits per heavy atom. The second kappa shape index (κ2) is 5.80. The van der Waals surface area contributed by atoms with Crippen molar-refractivity contribution in [1.82, 2.24) is 9.55 Å². The summed E-state index contributed by atoms with van der Waals surface area (Å²) in [5.41, 5.74) is 2.68. The van der Waals surface area contributed by atoms with Crippen LogP contribution in [0.5, 0.6) is 0 Å². The van der Waals surface area contributed by atoms with E-state index in [1.165, 1.54) is 0 Å². The SMILES string of the molecule is Cn1c(C2CC(=O)N(c3cccc(Cl)c3Cl)C2)nc2ccccc21. The first-order valence-corrected chi connectivity index (χ1v) is 8.47. The highest BCUT2D eigenvalue weighted by Gasteiger charge is 2.35. The second-order valence-electron chi connectivity index (χ2n) is 6.00. The summed E-state index contributed by atoms with van der Waals surface area (Å²) in [6.45, 7) is 0.552. The molecule has 0 bridgehead atoms. The molecule has 2 aromatic carbocycles. The van der Waals surface area contributed by atoms with Crippen molar-refractivity contribution in [1.29, 1.82) is 0 Å². The first kappa shape index (κ1) is 15.5. The van der Waals surface area contributed by atoms with Crippen molar-refractivity contribution in [3.63, 3.8) is 0 Å². The molecule has 1 saturated heterocycles. The number of aromatic nitrogens is 2. The maximum absolute atomic E-state index is 12.5. The number of carbonyl (C=O) groups is 1. The number of imidazole rings is 1. The van der Waals surface area contributed by atoms with E-state index in [0.29, 0.717) is 28.7 Å². The van der Waals surface area contributed by atoms with Gasteiger partial charge >= 0.3 is 0 Å². The molecule has 1 atom stereocenters. The molecule has 1 amide bonds. The topological polar surface area (TPSA) is 38.1 Å². The lowest BCUT2D eigenvalue weighted by Crippen LogP contribution is -2.24. The van der Waals surface area contributed by atoms with Crippen molar-refractivity contribution >= 4 is 45.8 Å². The molecule has 1 aromatic heterocycles. The van der Waals surface area contributed by atoms with E-state index in [9.17, 15) is 4.79 Å². The van der Waals surface area contributed by atoms with Crippen molar-refractivity contribution in [2.24, 2.45) is 7.05 Å². The third-order valence-electron chi connectivity index (χ3n) is 4.53. The van der Waals surface area contributed by atoms with Gasteiger partial charge in [0.05, 0.1) is 26.8 Å². The Balaban J connectivity index is 1.71. The normalized spacial score (nSPS) is 17.9. The molecule has 1 fully saturated rings. The van der Waals surface area contributed by atoms with Gasteiger partial charge in [-0.15, -0.1) is 0 Å². The fraction of sp³-hybridized carbons (Fsp3) is 0.222. The van der Waals surface area contributed by atoms with Crippen LogP contribution in [0.4, 0.5) is 5.69 Å². The van der Waals surface area contributed by atoms with Crippen LogP contribution in [0.25, 0.3) is 11.0 Å². The molecule has 2 heterocycles. The van der Waals surface area contributed by atoms with Gasteiger partial charge in [-0.25, -0.2) is 4.98 Å². The van der Waals surface area contributed by atoms with Crippen LogP contribution in [0.2, 0.25) is 10.0 Å². The van der Waals surface area contributed by atoms with E-state index in [2.05, 4.69) is 4.57 Å². The van der Waals surface area contributed by atoms with Crippen LogP contribution in [-0.4, -0.2) is 22.0 Å². The average molecular weight is 360 g/mol. The molecule has 6 heteroatoms. The zero-order valence-corrected chi connectivity index (χ0v) is 14.6. The molecule has 0 aliphatic carbocycles. The average Bonchev–Trinajstić information content (AvgIpc) is 3.11. The summed E-state index contributed by atoms with van der Waals surface area (Å²) in [7, 11) is 1.99. The van der Waals surface area contributed by atoms with Crippen molar-refractivity contribution in [3.05, 3.63) is 58.3 Å². The minimum absolute atomic E-state index is 0.0324. The highest BCUT2D eigenvalue weighted by Crippen LogP contribution is 2.38. The van der Waals surface area contributed by atoms with Crippen LogP contribution < -0.4 is 4.90 Å². The molecular weight excluding hydrogens is 345 g/mol. The molecule has 1 unspecified atom stereocenters. The lowest BCUT2D eigenvalue weighted by atomic mass is 10.1. The summed E-state index contributed by atoms with van der Waals surface area (Å²) in [5, 5.41) is 0.867. The molecule has 3 aromatic rings. The highest BCUT2D eigenvalue weighted by molar-refractivity contribution is 6.44. The number of amides is 1. The van der Waals surface area contributed by atoms with Crippen LogP contribution in [0.15, 0.2) is 42.5 Å². The van der Waals surface area contributed by atoms with Crippen LogP contribution in [0.1, 0.15) is 18.2 Å². The van der Waals surface area contributed by atoms with Crippen molar-refractivity contribution in [2.75, 3.05) is 11.4 Å². The van der Waals surface area contributed by atoms with Gasteiger partial charge in [0.15, 0.2) is 0 Å². The fourth-order valence-electron chi connectivity index (χ4n) is 3.34. The highest BCUT2D eigenvalue weighted by atomic mass is 35.5. The standard InChI is InChI=1S/C18H15Cl2N3O/c1-22-14-7-3-2-6-13(14)21-18(22)11-9-16(24)23(10-11)15-8-4-5-12(19)17(15)20/h2-8,11H,9-10H2,1H3. The van der Waals surface area contributed by atoms with E-state index in [1.807, 2.05) is 37.4 Å². The third-order valence-corrected chi connectivity index (χ3v) is 5.34. The van der Waals surface area contributed by atoms with Gasteiger partial charge in [0, 0.05) is 25.9 Å². The third kappa shape index (κ3) is 2.38. The largest absolute Gasteiger partial charge is 0.331 e. The minimum Gasteiger partial charge on any atom is -0.331 e. The fourth-order valence-corrected chi connectivity index (χ4v) is 3.74. The molecule has 0 radical (unpaired) electrons. The monoisotopic (exact) mass is 359 g/mol. The predicted octanol–water partition coefficient (Wildman–Crippen LogP) is 4.40. The number of para-hydroxylation sites is 2. The first-order chi connectivity index (χ1) is 11.6. The smallest absolute Gasteiger partial charge is 0.227 e. The lowest BCUT2D eigenvalue weighted by molar-refractivity contribution is -0.117. The van der Waals surface area contributed by atoms with Gasteiger partial charge in [-0.05, 0) is 24.3 Å². The molecule has 0 spiro atoms. The molecule has 0 saturated carbocycles. The lowest BCUT2D eigenvalue weighted by Gasteiger charge is -2.18. The number of benzene rings is 2. The van der Waals surface area contributed by atoms with Crippen molar-refractivity contribution in [3.8, 4) is 0 Å². The summed E-state index contributed by atoms with van der Waals surface area (Å²) < 4.78 is 2.07.